The molecule has 0 aromatic heterocycles. The highest BCUT2D eigenvalue weighted by Crippen LogP contribution is 2.32. The van der Waals surface area contributed by atoms with Gasteiger partial charge in [0.05, 0.1) is 10.6 Å². The van der Waals surface area contributed by atoms with Crippen LogP contribution in [-0.2, 0) is 0 Å². The predicted octanol–water partition coefficient (Wildman–Crippen LogP) is 2.09. The van der Waals surface area contributed by atoms with Gasteiger partial charge >= 0.3 is 0 Å². The molecule has 1 aliphatic carbocycles. The van der Waals surface area contributed by atoms with Crippen LogP contribution in [0.4, 0.5) is 4.39 Å². The molecule has 3 nitrogen and oxygen atoms in total. The van der Waals surface area contributed by atoms with Crippen LogP contribution in [0.25, 0.3) is 0 Å². The Morgan fingerprint density at radius 2 is 2.29 bits per heavy atom. The number of aliphatic hydroxyl groups excluding tert-OH is 1. The van der Waals surface area contributed by atoms with Crippen molar-refractivity contribution in [1.29, 1.82) is 0 Å². The fourth-order valence-corrected chi connectivity index (χ4v) is 1.96. The molecule has 2 N–H and O–H groups in total. The van der Waals surface area contributed by atoms with Gasteiger partial charge in [0.25, 0.3) is 5.91 Å². The van der Waals surface area contributed by atoms with Crippen LogP contribution in [0.3, 0.4) is 0 Å². The Bertz CT molecular complexity index is 435. The standard InChI is InChI=1S/C12H13BrFNO2/c13-9-5-8(3-4-10(9)14)12(17)15-6-11(16)7-1-2-7/h3-5,7,11,16H,1-2,6H2,(H,15,17). The van der Waals surface area contributed by atoms with E-state index in [0.29, 0.717) is 11.5 Å². The SMILES string of the molecule is O=C(NCC(O)C1CC1)c1ccc(F)c(Br)c1. The van der Waals surface area contributed by atoms with Gasteiger partial charge in [0, 0.05) is 12.1 Å². The molecule has 0 heterocycles. The molecular formula is C12H13BrFNO2. The third kappa shape index (κ3) is 3.26. The van der Waals surface area contributed by atoms with Gasteiger partial charge in [0.1, 0.15) is 5.82 Å². The topological polar surface area (TPSA) is 49.3 Å². The summed E-state index contributed by atoms with van der Waals surface area (Å²) < 4.78 is 13.2. The number of aliphatic hydroxyl groups is 1. The molecule has 17 heavy (non-hydrogen) atoms. The second kappa shape index (κ2) is 5.14. The first-order valence-corrected chi connectivity index (χ1v) is 6.28. The smallest absolute Gasteiger partial charge is 0.251 e. The van der Waals surface area contributed by atoms with E-state index in [1.807, 2.05) is 0 Å². The van der Waals surface area contributed by atoms with Crippen molar-refractivity contribution in [2.45, 2.75) is 18.9 Å². The quantitative estimate of drug-likeness (QED) is 0.895. The first-order valence-electron chi connectivity index (χ1n) is 5.49. The highest BCUT2D eigenvalue weighted by atomic mass is 79.9. The lowest BCUT2D eigenvalue weighted by Crippen LogP contribution is -2.33. The second-order valence-corrected chi connectivity index (χ2v) is 5.10. The lowest BCUT2D eigenvalue weighted by Gasteiger charge is -2.10. The number of carbonyl (C=O) groups excluding carboxylic acids is 1. The van der Waals surface area contributed by atoms with Crippen LogP contribution >= 0.6 is 15.9 Å². The molecule has 1 aromatic carbocycles. The number of hydrogen-bond acceptors (Lipinski definition) is 2. The summed E-state index contributed by atoms with van der Waals surface area (Å²) in [5.41, 5.74) is 0.376. The van der Waals surface area contributed by atoms with E-state index in [1.165, 1.54) is 18.2 Å². The zero-order chi connectivity index (χ0) is 12.4. The number of benzene rings is 1. The normalized spacial score (nSPS) is 16.6. The summed E-state index contributed by atoms with van der Waals surface area (Å²) in [6.45, 7) is 0.249. The van der Waals surface area contributed by atoms with Gasteiger partial charge in [-0.2, -0.15) is 0 Å². The lowest BCUT2D eigenvalue weighted by molar-refractivity contribution is 0.0901. The zero-order valence-electron chi connectivity index (χ0n) is 9.12. The maximum atomic E-state index is 13.0. The Hall–Kier alpha value is -0.940. The van der Waals surface area contributed by atoms with E-state index in [-0.39, 0.29) is 16.9 Å². The van der Waals surface area contributed by atoms with Crippen LogP contribution in [0.2, 0.25) is 0 Å². The Kier molecular flexibility index (Phi) is 3.79. The fraction of sp³-hybridized carbons (Fsp3) is 0.417. The molecule has 0 aliphatic heterocycles. The van der Waals surface area contributed by atoms with Crippen molar-refractivity contribution in [1.82, 2.24) is 5.32 Å². The summed E-state index contributed by atoms with van der Waals surface area (Å²) in [7, 11) is 0. The van der Waals surface area contributed by atoms with Gasteiger partial charge in [-0.15, -0.1) is 0 Å². The summed E-state index contributed by atoms with van der Waals surface area (Å²) in [6, 6.07) is 4.07. The summed E-state index contributed by atoms with van der Waals surface area (Å²) in [6.07, 6.45) is 1.58. The number of carbonyl (C=O) groups is 1. The Morgan fingerprint density at radius 3 is 2.88 bits per heavy atom. The van der Waals surface area contributed by atoms with Gasteiger partial charge in [-0.1, -0.05) is 0 Å². The van der Waals surface area contributed by atoms with E-state index < -0.39 is 11.9 Å². The Balaban J connectivity index is 1.92. The first-order chi connectivity index (χ1) is 8.08. The minimum Gasteiger partial charge on any atom is -0.391 e. The number of hydrogen-bond donors (Lipinski definition) is 2. The van der Waals surface area contributed by atoms with Crippen molar-refractivity contribution in [2.24, 2.45) is 5.92 Å². The second-order valence-electron chi connectivity index (χ2n) is 4.24. The molecule has 1 unspecified atom stereocenters. The average Bonchev–Trinajstić information content (AvgIpc) is 3.13. The molecule has 0 radical (unpaired) electrons. The molecule has 1 aromatic rings. The number of nitrogens with one attached hydrogen (secondary N) is 1. The highest BCUT2D eigenvalue weighted by molar-refractivity contribution is 9.10. The van der Waals surface area contributed by atoms with Crippen LogP contribution in [0, 0.1) is 11.7 Å². The number of halogens is 2. The monoisotopic (exact) mass is 301 g/mol. The van der Waals surface area contributed by atoms with Crippen LogP contribution in [0.5, 0.6) is 0 Å². The van der Waals surface area contributed by atoms with Crippen molar-refractivity contribution in [3.8, 4) is 0 Å². The van der Waals surface area contributed by atoms with Crippen LogP contribution in [-0.4, -0.2) is 23.7 Å². The summed E-state index contributed by atoms with van der Waals surface area (Å²) in [5.74, 6) is -0.375. The summed E-state index contributed by atoms with van der Waals surface area (Å²) in [4.78, 5) is 11.7. The third-order valence-corrected chi connectivity index (χ3v) is 3.43. The van der Waals surface area contributed by atoms with Crippen LogP contribution in [0.1, 0.15) is 23.2 Å². The van der Waals surface area contributed by atoms with Gasteiger partial charge in [0.2, 0.25) is 0 Å². The van der Waals surface area contributed by atoms with Gasteiger partial charge < -0.3 is 10.4 Å². The molecule has 1 atom stereocenters. The van der Waals surface area contributed by atoms with Crippen LogP contribution in [0.15, 0.2) is 22.7 Å². The van der Waals surface area contributed by atoms with Crippen molar-refractivity contribution < 1.29 is 14.3 Å². The van der Waals surface area contributed by atoms with E-state index in [0.717, 1.165) is 12.8 Å². The molecule has 1 fully saturated rings. The van der Waals surface area contributed by atoms with Crippen molar-refractivity contribution >= 4 is 21.8 Å². The Labute approximate surface area is 107 Å². The maximum Gasteiger partial charge on any atom is 0.251 e. The third-order valence-electron chi connectivity index (χ3n) is 2.82. The van der Waals surface area contributed by atoms with Crippen LogP contribution < -0.4 is 5.32 Å². The van der Waals surface area contributed by atoms with E-state index >= 15 is 0 Å². The molecule has 0 bridgehead atoms. The van der Waals surface area contributed by atoms with E-state index in [2.05, 4.69) is 21.2 Å². The van der Waals surface area contributed by atoms with Crippen molar-refractivity contribution in [3.05, 3.63) is 34.1 Å². The predicted molar refractivity (Wildman–Crippen MR) is 65.2 cm³/mol. The highest BCUT2D eigenvalue weighted by Gasteiger charge is 2.29. The summed E-state index contributed by atoms with van der Waals surface area (Å²) in [5, 5.41) is 12.2. The number of amides is 1. The Morgan fingerprint density at radius 1 is 1.59 bits per heavy atom. The first kappa shape index (κ1) is 12.5. The van der Waals surface area contributed by atoms with Crippen molar-refractivity contribution in [3.63, 3.8) is 0 Å². The molecule has 5 heteroatoms. The largest absolute Gasteiger partial charge is 0.391 e. The molecule has 1 amide bonds. The zero-order valence-corrected chi connectivity index (χ0v) is 10.7. The lowest BCUT2D eigenvalue weighted by atomic mass is 10.2. The fourth-order valence-electron chi connectivity index (χ4n) is 1.58. The van der Waals surface area contributed by atoms with Gasteiger partial charge in [-0.3, -0.25) is 4.79 Å². The molecule has 0 spiro atoms. The molecule has 1 saturated carbocycles. The minimum absolute atomic E-state index is 0.249. The molecule has 0 saturated heterocycles. The van der Waals surface area contributed by atoms with Crippen molar-refractivity contribution in [2.75, 3.05) is 6.54 Å². The minimum atomic E-state index is -0.470. The van der Waals surface area contributed by atoms with E-state index in [1.54, 1.807) is 0 Å². The molecule has 2 rings (SSSR count). The summed E-state index contributed by atoms with van der Waals surface area (Å²) >= 11 is 3.02. The van der Waals surface area contributed by atoms with Gasteiger partial charge in [-0.05, 0) is 52.9 Å². The van der Waals surface area contributed by atoms with E-state index in [9.17, 15) is 14.3 Å². The van der Waals surface area contributed by atoms with Gasteiger partial charge in [-0.25, -0.2) is 4.39 Å². The van der Waals surface area contributed by atoms with Gasteiger partial charge in [0.15, 0.2) is 0 Å². The van der Waals surface area contributed by atoms with E-state index in [4.69, 9.17) is 0 Å². The average molecular weight is 302 g/mol. The maximum absolute atomic E-state index is 13.0. The molecule has 1 aliphatic rings. The molecular weight excluding hydrogens is 289 g/mol. The number of rotatable bonds is 4. The molecule has 92 valence electrons.